The molecule has 0 aliphatic carbocycles. The highest BCUT2D eigenvalue weighted by molar-refractivity contribution is 6.34. The second kappa shape index (κ2) is 7.93. The van der Waals surface area contributed by atoms with Gasteiger partial charge in [0.1, 0.15) is 11.5 Å². The van der Waals surface area contributed by atoms with E-state index in [9.17, 15) is 4.79 Å². The van der Waals surface area contributed by atoms with Gasteiger partial charge in [0.05, 0.1) is 37.2 Å². The fraction of sp³-hybridized carbons (Fsp3) is 0.278. The summed E-state index contributed by atoms with van der Waals surface area (Å²) >= 11 is 6.21. The Labute approximate surface area is 146 Å². The van der Waals surface area contributed by atoms with E-state index < -0.39 is 0 Å². The highest BCUT2D eigenvalue weighted by Gasteiger charge is 2.11. The molecular weight excluding hydrogens is 328 g/mol. The summed E-state index contributed by atoms with van der Waals surface area (Å²) in [6, 6.07) is 9.14. The predicted molar refractivity (Wildman–Crippen MR) is 97.6 cm³/mol. The minimum Gasteiger partial charge on any atom is -0.497 e. The standard InChI is InChI=1S/C18H21ClN2O3/c1-11-7-12(2)18(14(19)8-11)21-17(22)10-20-15-6-5-13(23-3)9-16(15)24-4/h5-9,20H,10H2,1-4H3,(H,21,22). The molecule has 0 unspecified atom stereocenters. The van der Waals surface area contributed by atoms with E-state index in [1.54, 1.807) is 32.4 Å². The molecule has 6 heteroatoms. The lowest BCUT2D eigenvalue weighted by Gasteiger charge is -2.14. The number of aryl methyl sites for hydroxylation is 2. The molecule has 0 bridgehead atoms. The van der Waals surface area contributed by atoms with E-state index in [0.29, 0.717) is 27.9 Å². The first-order valence-electron chi connectivity index (χ1n) is 7.47. The Morgan fingerprint density at radius 1 is 1.12 bits per heavy atom. The zero-order valence-corrected chi connectivity index (χ0v) is 15.0. The van der Waals surface area contributed by atoms with Crippen molar-refractivity contribution in [2.45, 2.75) is 13.8 Å². The molecule has 0 atom stereocenters. The third-order valence-corrected chi connectivity index (χ3v) is 3.84. The van der Waals surface area contributed by atoms with Crippen molar-refractivity contribution in [3.05, 3.63) is 46.5 Å². The average molecular weight is 349 g/mol. The Balaban J connectivity index is 2.04. The van der Waals surface area contributed by atoms with Gasteiger partial charge in [0.25, 0.3) is 0 Å². The highest BCUT2D eigenvalue weighted by Crippen LogP contribution is 2.29. The van der Waals surface area contributed by atoms with Crippen molar-refractivity contribution in [2.24, 2.45) is 0 Å². The normalized spacial score (nSPS) is 10.2. The SMILES string of the molecule is COc1ccc(NCC(=O)Nc2c(C)cc(C)cc2Cl)c(OC)c1. The van der Waals surface area contributed by atoms with Gasteiger partial charge in [-0.25, -0.2) is 0 Å². The molecule has 2 rings (SSSR count). The number of hydrogen-bond donors (Lipinski definition) is 2. The molecule has 0 aliphatic rings. The molecule has 2 aromatic carbocycles. The fourth-order valence-electron chi connectivity index (χ4n) is 2.38. The summed E-state index contributed by atoms with van der Waals surface area (Å²) in [7, 11) is 3.15. The number of halogens is 1. The molecule has 5 nitrogen and oxygen atoms in total. The molecule has 1 amide bonds. The smallest absolute Gasteiger partial charge is 0.243 e. The van der Waals surface area contributed by atoms with Gasteiger partial charge in [-0.15, -0.1) is 0 Å². The first-order chi connectivity index (χ1) is 11.4. The third kappa shape index (κ3) is 4.32. The van der Waals surface area contributed by atoms with Gasteiger partial charge in [0.15, 0.2) is 0 Å². The Morgan fingerprint density at radius 2 is 1.88 bits per heavy atom. The summed E-state index contributed by atoms with van der Waals surface area (Å²) in [5.41, 5.74) is 3.32. The van der Waals surface area contributed by atoms with Crippen LogP contribution in [-0.4, -0.2) is 26.7 Å². The predicted octanol–water partition coefficient (Wildman–Crippen LogP) is 4.02. The van der Waals surface area contributed by atoms with E-state index in [1.807, 2.05) is 26.0 Å². The first-order valence-corrected chi connectivity index (χ1v) is 7.85. The number of ether oxygens (including phenoxy) is 2. The minimum absolute atomic E-state index is 0.0896. The lowest BCUT2D eigenvalue weighted by molar-refractivity contribution is -0.114. The third-order valence-electron chi connectivity index (χ3n) is 3.54. The molecule has 0 fully saturated rings. The number of carbonyl (C=O) groups is 1. The number of benzene rings is 2. The van der Waals surface area contributed by atoms with E-state index in [2.05, 4.69) is 10.6 Å². The van der Waals surface area contributed by atoms with Gasteiger partial charge in [-0.1, -0.05) is 17.7 Å². The summed E-state index contributed by atoms with van der Waals surface area (Å²) in [5.74, 6) is 1.09. The molecule has 2 aromatic rings. The van der Waals surface area contributed by atoms with Crippen LogP contribution < -0.4 is 20.1 Å². The number of carbonyl (C=O) groups excluding carboxylic acids is 1. The number of amides is 1. The van der Waals surface area contributed by atoms with Crippen LogP contribution in [0, 0.1) is 13.8 Å². The molecular formula is C18H21ClN2O3. The first kappa shape index (κ1) is 17.9. The number of anilines is 2. The molecule has 0 radical (unpaired) electrons. The Bertz CT molecular complexity index is 724. The zero-order valence-electron chi connectivity index (χ0n) is 14.2. The van der Waals surface area contributed by atoms with E-state index in [4.69, 9.17) is 21.1 Å². The van der Waals surface area contributed by atoms with Crippen molar-refractivity contribution in [1.29, 1.82) is 0 Å². The molecule has 0 aliphatic heterocycles. The van der Waals surface area contributed by atoms with Crippen molar-refractivity contribution >= 4 is 28.9 Å². The second-order valence-electron chi connectivity index (χ2n) is 5.41. The maximum absolute atomic E-state index is 12.2. The molecule has 0 heterocycles. The molecule has 0 saturated carbocycles. The fourth-order valence-corrected chi connectivity index (χ4v) is 2.75. The van der Waals surface area contributed by atoms with E-state index in [-0.39, 0.29) is 12.5 Å². The topological polar surface area (TPSA) is 59.6 Å². The lowest BCUT2D eigenvalue weighted by atomic mass is 10.1. The molecule has 128 valence electrons. The summed E-state index contributed by atoms with van der Waals surface area (Å²) < 4.78 is 10.4. The van der Waals surface area contributed by atoms with Crippen LogP contribution in [0.1, 0.15) is 11.1 Å². The summed E-state index contributed by atoms with van der Waals surface area (Å²) in [5, 5.41) is 6.42. The van der Waals surface area contributed by atoms with E-state index in [1.165, 1.54) is 0 Å². The number of rotatable bonds is 6. The Hall–Kier alpha value is -2.40. The Kier molecular flexibility index (Phi) is 5.93. The van der Waals surface area contributed by atoms with Crippen molar-refractivity contribution < 1.29 is 14.3 Å². The molecule has 0 aromatic heterocycles. The molecule has 0 spiro atoms. The van der Waals surface area contributed by atoms with Crippen molar-refractivity contribution in [3.63, 3.8) is 0 Å². The van der Waals surface area contributed by atoms with E-state index in [0.717, 1.165) is 11.1 Å². The maximum atomic E-state index is 12.2. The second-order valence-corrected chi connectivity index (χ2v) is 5.81. The van der Waals surface area contributed by atoms with Gasteiger partial charge in [-0.2, -0.15) is 0 Å². The van der Waals surface area contributed by atoms with Crippen LogP contribution in [-0.2, 0) is 4.79 Å². The summed E-state index contributed by atoms with van der Waals surface area (Å²) in [4.78, 5) is 12.2. The van der Waals surface area contributed by atoms with Crippen LogP contribution in [0.15, 0.2) is 30.3 Å². The highest BCUT2D eigenvalue weighted by atomic mass is 35.5. The number of methoxy groups -OCH3 is 2. The molecule has 0 saturated heterocycles. The van der Waals surface area contributed by atoms with Gasteiger partial charge < -0.3 is 20.1 Å². The number of hydrogen-bond acceptors (Lipinski definition) is 4. The zero-order chi connectivity index (χ0) is 17.7. The van der Waals surface area contributed by atoms with Crippen molar-refractivity contribution in [3.8, 4) is 11.5 Å². The summed E-state index contributed by atoms with van der Waals surface area (Å²) in [6.45, 7) is 3.96. The van der Waals surface area contributed by atoms with Crippen molar-refractivity contribution in [1.82, 2.24) is 0 Å². The van der Waals surface area contributed by atoms with Gasteiger partial charge in [-0.3, -0.25) is 4.79 Å². The monoisotopic (exact) mass is 348 g/mol. The largest absolute Gasteiger partial charge is 0.497 e. The molecule has 24 heavy (non-hydrogen) atoms. The van der Waals surface area contributed by atoms with Crippen LogP contribution in [0.5, 0.6) is 11.5 Å². The van der Waals surface area contributed by atoms with Gasteiger partial charge in [0, 0.05) is 6.07 Å². The summed E-state index contributed by atoms with van der Waals surface area (Å²) in [6.07, 6.45) is 0. The molecule has 2 N–H and O–H groups in total. The van der Waals surface area contributed by atoms with Gasteiger partial charge in [-0.05, 0) is 43.2 Å². The van der Waals surface area contributed by atoms with Crippen LogP contribution in [0.4, 0.5) is 11.4 Å². The van der Waals surface area contributed by atoms with Crippen LogP contribution in [0.2, 0.25) is 5.02 Å². The van der Waals surface area contributed by atoms with Crippen molar-refractivity contribution in [2.75, 3.05) is 31.4 Å². The minimum atomic E-state index is -0.193. The van der Waals surface area contributed by atoms with E-state index >= 15 is 0 Å². The quantitative estimate of drug-likeness (QED) is 0.827. The van der Waals surface area contributed by atoms with Crippen LogP contribution in [0.3, 0.4) is 0 Å². The Morgan fingerprint density at radius 3 is 2.50 bits per heavy atom. The van der Waals surface area contributed by atoms with Gasteiger partial charge in [0.2, 0.25) is 5.91 Å². The lowest BCUT2D eigenvalue weighted by Crippen LogP contribution is -2.22. The van der Waals surface area contributed by atoms with Crippen LogP contribution in [0.25, 0.3) is 0 Å². The number of nitrogens with one attached hydrogen (secondary N) is 2. The van der Waals surface area contributed by atoms with Crippen LogP contribution >= 0.6 is 11.6 Å². The van der Waals surface area contributed by atoms with Gasteiger partial charge >= 0.3 is 0 Å². The maximum Gasteiger partial charge on any atom is 0.243 e. The average Bonchev–Trinajstić information content (AvgIpc) is 2.56.